The predicted octanol–water partition coefficient (Wildman–Crippen LogP) is 2.84. The van der Waals surface area contributed by atoms with E-state index in [2.05, 4.69) is 43.2 Å². The molecule has 3 nitrogen and oxygen atoms in total. The number of hydrogen-bond acceptors (Lipinski definition) is 2. The van der Waals surface area contributed by atoms with Crippen LogP contribution in [0.5, 0.6) is 0 Å². The van der Waals surface area contributed by atoms with E-state index in [1.807, 2.05) is 16.9 Å². The van der Waals surface area contributed by atoms with Crippen molar-refractivity contribution in [3.63, 3.8) is 0 Å². The summed E-state index contributed by atoms with van der Waals surface area (Å²) in [6.45, 7) is 5.22. The van der Waals surface area contributed by atoms with E-state index in [1.54, 1.807) is 0 Å². The molecular weight excluding hydrogens is 222 g/mol. The van der Waals surface area contributed by atoms with Crippen molar-refractivity contribution < 1.29 is 0 Å². The van der Waals surface area contributed by atoms with Gasteiger partial charge in [0.15, 0.2) is 0 Å². The topological polar surface area (TPSA) is 43.8 Å². The average Bonchev–Trinajstić information content (AvgIpc) is 2.81. The number of hydrogen-bond donors (Lipinski definition) is 1. The molecule has 2 rings (SSSR count). The maximum atomic E-state index is 6.31. The molecule has 1 aromatic heterocycles. The van der Waals surface area contributed by atoms with Crippen LogP contribution in [0.3, 0.4) is 0 Å². The van der Waals surface area contributed by atoms with Crippen LogP contribution in [-0.4, -0.2) is 9.78 Å². The Hall–Kier alpha value is -1.61. The fourth-order valence-electron chi connectivity index (χ4n) is 2.24. The molecule has 0 amide bonds. The molecule has 0 spiro atoms. The van der Waals surface area contributed by atoms with E-state index in [1.165, 1.54) is 11.1 Å². The Morgan fingerprint density at radius 2 is 2.06 bits per heavy atom. The number of nitrogens with two attached hydrogens (primary N) is 1. The number of rotatable bonds is 5. The van der Waals surface area contributed by atoms with Crippen LogP contribution >= 0.6 is 0 Å². The monoisotopic (exact) mass is 243 g/mol. The molecular formula is C15H21N3. The van der Waals surface area contributed by atoms with E-state index < -0.39 is 0 Å². The second-order valence-electron chi connectivity index (χ2n) is 4.72. The van der Waals surface area contributed by atoms with Crippen molar-refractivity contribution >= 4 is 0 Å². The van der Waals surface area contributed by atoms with E-state index in [0.29, 0.717) is 0 Å². The third-order valence-electron chi connectivity index (χ3n) is 3.27. The maximum absolute atomic E-state index is 6.31. The fraction of sp³-hybridized carbons (Fsp3) is 0.400. The van der Waals surface area contributed by atoms with Crippen LogP contribution in [0.25, 0.3) is 0 Å². The van der Waals surface area contributed by atoms with Gasteiger partial charge in [-0.2, -0.15) is 5.10 Å². The molecule has 0 aliphatic rings. The van der Waals surface area contributed by atoms with Crippen molar-refractivity contribution in [3.8, 4) is 0 Å². The van der Waals surface area contributed by atoms with Crippen molar-refractivity contribution in [2.45, 2.75) is 39.3 Å². The molecule has 0 saturated heterocycles. The van der Waals surface area contributed by atoms with E-state index in [-0.39, 0.29) is 6.04 Å². The van der Waals surface area contributed by atoms with Gasteiger partial charge in [0, 0.05) is 12.7 Å². The van der Waals surface area contributed by atoms with Gasteiger partial charge in [0.1, 0.15) is 0 Å². The van der Waals surface area contributed by atoms with Crippen LogP contribution in [0, 0.1) is 6.92 Å². The SMILES string of the molecule is CCCn1nccc1C(N)Cc1ccccc1C. The Labute approximate surface area is 109 Å². The van der Waals surface area contributed by atoms with Crippen LogP contribution in [0.1, 0.15) is 36.2 Å². The summed E-state index contributed by atoms with van der Waals surface area (Å²) in [7, 11) is 0. The zero-order valence-electron chi connectivity index (χ0n) is 11.1. The second-order valence-corrected chi connectivity index (χ2v) is 4.72. The first-order valence-corrected chi connectivity index (χ1v) is 6.54. The lowest BCUT2D eigenvalue weighted by molar-refractivity contribution is 0.537. The minimum absolute atomic E-state index is 0.0140. The zero-order valence-corrected chi connectivity index (χ0v) is 11.1. The molecule has 1 aromatic carbocycles. The van der Waals surface area contributed by atoms with Gasteiger partial charge in [-0.3, -0.25) is 4.68 Å². The highest BCUT2D eigenvalue weighted by atomic mass is 15.3. The van der Waals surface area contributed by atoms with Gasteiger partial charge < -0.3 is 5.73 Å². The van der Waals surface area contributed by atoms with Gasteiger partial charge in [0.25, 0.3) is 0 Å². The first kappa shape index (κ1) is 12.8. The highest BCUT2D eigenvalue weighted by molar-refractivity contribution is 5.27. The van der Waals surface area contributed by atoms with Crippen LogP contribution < -0.4 is 5.73 Å². The molecule has 1 atom stereocenters. The molecule has 0 aliphatic carbocycles. The minimum Gasteiger partial charge on any atom is -0.322 e. The average molecular weight is 243 g/mol. The summed E-state index contributed by atoms with van der Waals surface area (Å²) in [6.07, 6.45) is 3.77. The number of nitrogens with zero attached hydrogens (tertiary/aromatic N) is 2. The lowest BCUT2D eigenvalue weighted by atomic mass is 10.00. The summed E-state index contributed by atoms with van der Waals surface area (Å²) in [5, 5.41) is 4.33. The van der Waals surface area contributed by atoms with Gasteiger partial charge in [-0.25, -0.2) is 0 Å². The van der Waals surface area contributed by atoms with Crippen molar-refractivity contribution in [1.29, 1.82) is 0 Å². The molecule has 0 saturated carbocycles. The van der Waals surface area contributed by atoms with Crippen molar-refractivity contribution in [1.82, 2.24) is 9.78 Å². The van der Waals surface area contributed by atoms with E-state index in [9.17, 15) is 0 Å². The Kier molecular flexibility index (Phi) is 4.15. The number of aryl methyl sites for hydroxylation is 2. The minimum atomic E-state index is 0.0140. The quantitative estimate of drug-likeness (QED) is 0.877. The molecule has 18 heavy (non-hydrogen) atoms. The summed E-state index contributed by atoms with van der Waals surface area (Å²) < 4.78 is 2.02. The van der Waals surface area contributed by atoms with Crippen LogP contribution in [0.4, 0.5) is 0 Å². The van der Waals surface area contributed by atoms with Crippen LogP contribution in [-0.2, 0) is 13.0 Å². The fourth-order valence-corrected chi connectivity index (χ4v) is 2.24. The third kappa shape index (κ3) is 2.79. The Morgan fingerprint density at radius 3 is 2.78 bits per heavy atom. The highest BCUT2D eigenvalue weighted by Gasteiger charge is 2.12. The second kappa shape index (κ2) is 5.83. The Balaban J connectivity index is 2.14. The molecule has 0 radical (unpaired) electrons. The van der Waals surface area contributed by atoms with Gasteiger partial charge in [0.2, 0.25) is 0 Å². The number of aromatic nitrogens is 2. The largest absolute Gasteiger partial charge is 0.322 e. The summed E-state index contributed by atoms with van der Waals surface area (Å²) in [5.41, 5.74) is 10.1. The zero-order chi connectivity index (χ0) is 13.0. The number of benzene rings is 1. The lowest BCUT2D eigenvalue weighted by Gasteiger charge is -2.15. The molecule has 2 aromatic rings. The van der Waals surface area contributed by atoms with Gasteiger partial charge in [-0.05, 0) is 37.0 Å². The standard InChI is InChI=1S/C15H21N3/c1-3-10-18-15(8-9-17-18)14(16)11-13-7-5-4-6-12(13)2/h4-9,14H,3,10-11,16H2,1-2H3. The molecule has 2 N–H and O–H groups in total. The van der Waals surface area contributed by atoms with E-state index >= 15 is 0 Å². The van der Waals surface area contributed by atoms with Gasteiger partial charge in [-0.15, -0.1) is 0 Å². The summed E-state index contributed by atoms with van der Waals surface area (Å²) in [4.78, 5) is 0. The van der Waals surface area contributed by atoms with Crippen molar-refractivity contribution in [2.75, 3.05) is 0 Å². The molecule has 0 fully saturated rings. The summed E-state index contributed by atoms with van der Waals surface area (Å²) >= 11 is 0. The van der Waals surface area contributed by atoms with Gasteiger partial charge in [-0.1, -0.05) is 31.2 Å². The molecule has 0 aliphatic heterocycles. The summed E-state index contributed by atoms with van der Waals surface area (Å²) in [5.74, 6) is 0. The lowest BCUT2D eigenvalue weighted by Crippen LogP contribution is -2.19. The maximum Gasteiger partial charge on any atom is 0.0554 e. The molecule has 1 heterocycles. The van der Waals surface area contributed by atoms with Crippen molar-refractivity contribution in [3.05, 3.63) is 53.3 Å². The van der Waals surface area contributed by atoms with Gasteiger partial charge >= 0.3 is 0 Å². The van der Waals surface area contributed by atoms with Crippen LogP contribution in [0.15, 0.2) is 36.5 Å². The summed E-state index contributed by atoms with van der Waals surface area (Å²) in [6, 6.07) is 10.4. The van der Waals surface area contributed by atoms with Crippen LogP contribution in [0.2, 0.25) is 0 Å². The van der Waals surface area contributed by atoms with Crippen molar-refractivity contribution in [2.24, 2.45) is 5.73 Å². The normalized spacial score (nSPS) is 12.6. The first-order chi connectivity index (χ1) is 8.72. The molecule has 3 heteroatoms. The third-order valence-corrected chi connectivity index (χ3v) is 3.27. The van der Waals surface area contributed by atoms with Gasteiger partial charge in [0.05, 0.1) is 11.7 Å². The molecule has 1 unspecified atom stereocenters. The Morgan fingerprint density at radius 1 is 1.28 bits per heavy atom. The smallest absolute Gasteiger partial charge is 0.0554 e. The highest BCUT2D eigenvalue weighted by Crippen LogP contribution is 2.18. The molecule has 0 bridgehead atoms. The van der Waals surface area contributed by atoms with E-state index in [0.717, 1.165) is 25.1 Å². The van der Waals surface area contributed by atoms with E-state index in [4.69, 9.17) is 5.73 Å². The predicted molar refractivity (Wildman–Crippen MR) is 74.3 cm³/mol. The molecule has 96 valence electrons. The first-order valence-electron chi connectivity index (χ1n) is 6.54. The Bertz CT molecular complexity index is 502.